The highest BCUT2D eigenvalue weighted by Crippen LogP contribution is 2.33. The smallest absolute Gasteiger partial charge is 0.274 e. The van der Waals surface area contributed by atoms with Crippen LogP contribution < -0.4 is 5.32 Å². The van der Waals surface area contributed by atoms with E-state index in [9.17, 15) is 9.59 Å². The van der Waals surface area contributed by atoms with Gasteiger partial charge in [0.25, 0.3) is 11.8 Å². The Balaban J connectivity index is 1.31. The van der Waals surface area contributed by atoms with Crippen molar-refractivity contribution in [2.75, 3.05) is 13.1 Å². The fraction of sp³-hybridized carbons (Fsp3) is 0.273. The molecule has 2 amide bonds. The van der Waals surface area contributed by atoms with E-state index in [4.69, 9.17) is 11.6 Å². The lowest BCUT2D eigenvalue weighted by Crippen LogP contribution is -2.56. The second kappa shape index (κ2) is 8.31. The number of fused-ring (bicyclic) bond motifs is 1. The molecule has 0 saturated carbocycles. The fourth-order valence-electron chi connectivity index (χ4n) is 3.87. The van der Waals surface area contributed by atoms with Gasteiger partial charge in [-0.1, -0.05) is 41.4 Å². The Morgan fingerprint density at radius 2 is 2.12 bits per heavy atom. The van der Waals surface area contributed by atoms with Crippen LogP contribution in [0.4, 0.5) is 0 Å². The second-order valence-electron chi connectivity index (χ2n) is 7.74. The van der Waals surface area contributed by atoms with Gasteiger partial charge in [-0.25, -0.2) is 9.97 Å². The highest BCUT2D eigenvalue weighted by atomic mass is 35.5. The number of thiazole rings is 2. The first-order valence-electron chi connectivity index (χ1n) is 10.2. The molecule has 1 saturated heterocycles. The van der Waals surface area contributed by atoms with Crippen LogP contribution >= 0.6 is 34.3 Å². The zero-order valence-electron chi connectivity index (χ0n) is 17.5. The van der Waals surface area contributed by atoms with Crippen LogP contribution in [0.5, 0.6) is 0 Å². The zero-order chi connectivity index (χ0) is 22.4. The van der Waals surface area contributed by atoms with Crippen molar-refractivity contribution in [1.29, 1.82) is 0 Å². The number of amides is 2. The van der Waals surface area contributed by atoms with Crippen LogP contribution in [0.1, 0.15) is 38.0 Å². The summed E-state index contributed by atoms with van der Waals surface area (Å²) in [5, 5.41) is 5.79. The number of nitrogens with zero attached hydrogens (tertiary/aromatic N) is 4. The van der Waals surface area contributed by atoms with Crippen molar-refractivity contribution >= 4 is 51.0 Å². The molecule has 1 aliphatic rings. The standard InChI is InChI=1S/C22H20ClN5O2S2/c1-12-4-3-5-14(10-12)18-16(25-13(2)32-18)21(30)27-7-6-15(27)11-24-20(29)17-19(23)26-22-28(17)8-9-31-22/h3-5,8-10,15H,6-7,11H2,1-2H3,(H,24,29)/t15-/m0/s1. The number of aromatic nitrogens is 3. The highest BCUT2D eigenvalue weighted by Gasteiger charge is 2.35. The van der Waals surface area contributed by atoms with Gasteiger partial charge >= 0.3 is 0 Å². The zero-order valence-corrected chi connectivity index (χ0v) is 19.9. The van der Waals surface area contributed by atoms with E-state index in [-0.39, 0.29) is 23.0 Å². The molecule has 5 rings (SSSR count). The maximum atomic E-state index is 13.3. The Kier molecular flexibility index (Phi) is 5.48. The molecule has 0 aliphatic carbocycles. The third kappa shape index (κ3) is 3.70. The van der Waals surface area contributed by atoms with Gasteiger partial charge < -0.3 is 10.2 Å². The number of halogens is 1. The SMILES string of the molecule is Cc1cccc(-c2sc(C)nc2C(=O)N2CC[C@H]2CNC(=O)c2c(Cl)nc3sccn23)c1. The molecule has 4 aromatic rings. The van der Waals surface area contributed by atoms with E-state index < -0.39 is 0 Å². The van der Waals surface area contributed by atoms with E-state index in [0.29, 0.717) is 29.4 Å². The van der Waals surface area contributed by atoms with Gasteiger partial charge in [-0.15, -0.1) is 22.7 Å². The van der Waals surface area contributed by atoms with E-state index in [1.807, 2.05) is 37.4 Å². The maximum absolute atomic E-state index is 13.3. The van der Waals surface area contributed by atoms with Crippen LogP contribution in [-0.4, -0.2) is 50.2 Å². The maximum Gasteiger partial charge on any atom is 0.274 e. The van der Waals surface area contributed by atoms with Crippen molar-refractivity contribution in [2.45, 2.75) is 26.3 Å². The summed E-state index contributed by atoms with van der Waals surface area (Å²) in [7, 11) is 0. The third-order valence-electron chi connectivity index (χ3n) is 5.55. The molecule has 0 unspecified atom stereocenters. The van der Waals surface area contributed by atoms with Gasteiger partial charge in [-0.3, -0.25) is 14.0 Å². The van der Waals surface area contributed by atoms with Crippen molar-refractivity contribution in [3.8, 4) is 10.4 Å². The monoisotopic (exact) mass is 485 g/mol. The molecular weight excluding hydrogens is 466 g/mol. The first-order chi connectivity index (χ1) is 15.4. The van der Waals surface area contributed by atoms with Crippen molar-refractivity contribution in [1.82, 2.24) is 24.6 Å². The number of rotatable bonds is 5. The van der Waals surface area contributed by atoms with Gasteiger partial charge in [0.15, 0.2) is 15.8 Å². The number of aryl methyl sites for hydroxylation is 2. The third-order valence-corrected chi connectivity index (χ3v) is 7.59. The summed E-state index contributed by atoms with van der Waals surface area (Å²) in [5.74, 6) is -0.399. The van der Waals surface area contributed by atoms with Gasteiger partial charge in [0, 0.05) is 24.7 Å². The molecule has 3 aromatic heterocycles. The summed E-state index contributed by atoms with van der Waals surface area (Å²) < 4.78 is 1.68. The Morgan fingerprint density at radius 1 is 1.28 bits per heavy atom. The minimum Gasteiger partial charge on any atom is -0.349 e. The topological polar surface area (TPSA) is 79.6 Å². The molecule has 1 atom stereocenters. The molecule has 1 aromatic carbocycles. The molecule has 1 fully saturated rings. The fourth-order valence-corrected chi connectivity index (χ4v) is 5.79. The van der Waals surface area contributed by atoms with Crippen LogP contribution in [-0.2, 0) is 0 Å². The number of carbonyl (C=O) groups is 2. The number of benzene rings is 1. The Morgan fingerprint density at radius 3 is 2.88 bits per heavy atom. The Bertz CT molecular complexity index is 1340. The molecule has 32 heavy (non-hydrogen) atoms. The molecule has 164 valence electrons. The summed E-state index contributed by atoms with van der Waals surface area (Å²) in [5.41, 5.74) is 2.93. The minimum absolute atomic E-state index is 0.0801. The molecule has 1 N–H and O–H groups in total. The van der Waals surface area contributed by atoms with Gasteiger partial charge in [-0.05, 0) is 25.8 Å². The van der Waals surface area contributed by atoms with Crippen molar-refractivity contribution in [3.63, 3.8) is 0 Å². The quantitative estimate of drug-likeness (QED) is 0.453. The summed E-state index contributed by atoms with van der Waals surface area (Å²) in [4.78, 5) is 38.1. The van der Waals surface area contributed by atoms with Crippen molar-refractivity contribution in [2.24, 2.45) is 0 Å². The van der Waals surface area contributed by atoms with Gasteiger partial charge in [-0.2, -0.15) is 0 Å². The lowest BCUT2D eigenvalue weighted by molar-refractivity contribution is 0.0451. The summed E-state index contributed by atoms with van der Waals surface area (Å²) >= 11 is 9.10. The van der Waals surface area contributed by atoms with E-state index in [0.717, 1.165) is 27.4 Å². The molecule has 10 heteroatoms. The van der Waals surface area contributed by atoms with Gasteiger partial charge in [0.1, 0.15) is 5.69 Å². The summed E-state index contributed by atoms with van der Waals surface area (Å²) in [6.07, 6.45) is 2.59. The molecule has 7 nitrogen and oxygen atoms in total. The van der Waals surface area contributed by atoms with Crippen molar-refractivity contribution in [3.05, 3.63) is 63.0 Å². The predicted molar refractivity (Wildman–Crippen MR) is 127 cm³/mol. The molecule has 1 aliphatic heterocycles. The van der Waals surface area contributed by atoms with E-state index >= 15 is 0 Å². The lowest BCUT2D eigenvalue weighted by atomic mass is 10.0. The highest BCUT2D eigenvalue weighted by molar-refractivity contribution is 7.15. The van der Waals surface area contributed by atoms with E-state index in [1.54, 1.807) is 15.5 Å². The first-order valence-corrected chi connectivity index (χ1v) is 12.2. The molecule has 4 heterocycles. The summed E-state index contributed by atoms with van der Waals surface area (Å²) in [6.45, 7) is 4.94. The number of imidazole rings is 1. The normalized spacial score (nSPS) is 15.7. The average molecular weight is 486 g/mol. The Labute approximate surface area is 197 Å². The van der Waals surface area contributed by atoms with Crippen LogP contribution in [0.3, 0.4) is 0 Å². The van der Waals surface area contributed by atoms with Gasteiger partial charge in [0.2, 0.25) is 0 Å². The van der Waals surface area contributed by atoms with Crippen LogP contribution in [0.25, 0.3) is 15.4 Å². The molecule has 0 radical (unpaired) electrons. The van der Waals surface area contributed by atoms with E-state index in [1.165, 1.54) is 22.7 Å². The van der Waals surface area contributed by atoms with Crippen LogP contribution in [0.15, 0.2) is 35.8 Å². The number of hydrogen-bond donors (Lipinski definition) is 1. The number of likely N-dealkylation sites (tertiary alicyclic amines) is 1. The lowest BCUT2D eigenvalue weighted by Gasteiger charge is -2.40. The number of carbonyl (C=O) groups excluding carboxylic acids is 2. The van der Waals surface area contributed by atoms with Crippen LogP contribution in [0.2, 0.25) is 5.15 Å². The van der Waals surface area contributed by atoms with Gasteiger partial charge in [0.05, 0.1) is 15.9 Å². The number of nitrogens with one attached hydrogen (secondary N) is 1. The minimum atomic E-state index is -0.301. The predicted octanol–water partition coefficient (Wildman–Crippen LogP) is 4.43. The largest absolute Gasteiger partial charge is 0.349 e. The second-order valence-corrected chi connectivity index (χ2v) is 10.2. The molecule has 0 bridgehead atoms. The Hall–Kier alpha value is -2.75. The number of hydrogen-bond acceptors (Lipinski definition) is 6. The first kappa shape index (κ1) is 21.1. The van der Waals surface area contributed by atoms with Crippen molar-refractivity contribution < 1.29 is 9.59 Å². The van der Waals surface area contributed by atoms with Crippen LogP contribution in [0, 0.1) is 13.8 Å². The summed E-state index contributed by atoms with van der Waals surface area (Å²) in [6, 6.07) is 8.01. The van der Waals surface area contributed by atoms with E-state index in [2.05, 4.69) is 21.4 Å². The molecule has 0 spiro atoms. The average Bonchev–Trinajstić information content (AvgIpc) is 3.41. The molecular formula is C22H20ClN5O2S2.